The minimum atomic E-state index is -0.242. The van der Waals surface area contributed by atoms with E-state index in [9.17, 15) is 4.79 Å². The summed E-state index contributed by atoms with van der Waals surface area (Å²) in [6.45, 7) is 4.48. The lowest BCUT2D eigenvalue weighted by Crippen LogP contribution is -2.23. The molecule has 1 atom stereocenters. The molecule has 0 N–H and O–H groups in total. The Morgan fingerprint density at radius 2 is 1.89 bits per heavy atom. The molecule has 18 heavy (non-hydrogen) atoms. The molecule has 3 heteroatoms. The highest BCUT2D eigenvalue weighted by Gasteiger charge is 2.15. The summed E-state index contributed by atoms with van der Waals surface area (Å²) in [5, 5.41) is 0. The van der Waals surface area contributed by atoms with Crippen molar-refractivity contribution in [2.45, 2.75) is 39.2 Å². The molecule has 3 nitrogen and oxygen atoms in total. The van der Waals surface area contributed by atoms with Crippen LogP contribution in [0.2, 0.25) is 0 Å². The minimum absolute atomic E-state index is 0.190. The number of rotatable bonds is 8. The first-order valence-corrected chi connectivity index (χ1v) is 6.48. The molecule has 1 aromatic carbocycles. The number of ether oxygens (including phenoxy) is 2. The first-order valence-electron chi connectivity index (χ1n) is 6.48. The van der Waals surface area contributed by atoms with Crippen molar-refractivity contribution in [3.8, 4) is 5.75 Å². The van der Waals surface area contributed by atoms with Crippen LogP contribution in [-0.4, -0.2) is 25.6 Å². The van der Waals surface area contributed by atoms with Crippen molar-refractivity contribution in [3.63, 3.8) is 0 Å². The molecular formula is C15H22O3. The van der Waals surface area contributed by atoms with Crippen LogP contribution in [0.4, 0.5) is 0 Å². The molecule has 0 saturated carbocycles. The average Bonchev–Trinajstić information content (AvgIpc) is 2.42. The van der Waals surface area contributed by atoms with E-state index in [1.807, 2.05) is 38.1 Å². The van der Waals surface area contributed by atoms with Crippen LogP contribution in [0.1, 0.15) is 32.3 Å². The second kappa shape index (κ2) is 7.88. The maximum Gasteiger partial charge on any atom is 0.161 e. The number of aryl methyl sites for hydroxylation is 1. The van der Waals surface area contributed by atoms with Gasteiger partial charge < -0.3 is 9.47 Å². The van der Waals surface area contributed by atoms with E-state index in [1.54, 1.807) is 7.11 Å². The zero-order chi connectivity index (χ0) is 13.4. The summed E-state index contributed by atoms with van der Waals surface area (Å²) in [6, 6.07) is 7.82. The number of hydrogen-bond acceptors (Lipinski definition) is 3. The van der Waals surface area contributed by atoms with E-state index >= 15 is 0 Å². The summed E-state index contributed by atoms with van der Waals surface area (Å²) in [7, 11) is 1.65. The molecule has 0 spiro atoms. The smallest absolute Gasteiger partial charge is 0.161 e. The van der Waals surface area contributed by atoms with Gasteiger partial charge in [-0.05, 0) is 37.5 Å². The van der Waals surface area contributed by atoms with Crippen molar-refractivity contribution in [1.82, 2.24) is 0 Å². The lowest BCUT2D eigenvalue weighted by atomic mass is 10.0. The Bertz CT molecular complexity index is 357. The predicted molar refractivity (Wildman–Crippen MR) is 72.0 cm³/mol. The number of hydrogen-bond donors (Lipinski definition) is 0. The monoisotopic (exact) mass is 250 g/mol. The van der Waals surface area contributed by atoms with Gasteiger partial charge in [0.25, 0.3) is 0 Å². The number of methoxy groups -OCH3 is 1. The highest BCUT2D eigenvalue weighted by atomic mass is 16.5. The Morgan fingerprint density at radius 3 is 2.39 bits per heavy atom. The summed E-state index contributed by atoms with van der Waals surface area (Å²) in [5.41, 5.74) is 1.15. The molecule has 0 aliphatic heterocycles. The number of Topliss-reactive ketones (excluding diaryl/α,β-unsaturated/α-hetero) is 1. The van der Waals surface area contributed by atoms with Gasteiger partial charge in [-0.25, -0.2) is 0 Å². The molecule has 1 rings (SSSR count). The van der Waals surface area contributed by atoms with Crippen LogP contribution in [0, 0.1) is 0 Å². The third-order valence-corrected chi connectivity index (χ3v) is 2.92. The van der Waals surface area contributed by atoms with Crippen molar-refractivity contribution in [2.75, 3.05) is 13.7 Å². The number of carbonyl (C=O) groups excluding carboxylic acids is 1. The van der Waals surface area contributed by atoms with Gasteiger partial charge in [0, 0.05) is 13.0 Å². The van der Waals surface area contributed by atoms with Crippen molar-refractivity contribution in [3.05, 3.63) is 29.8 Å². The fourth-order valence-electron chi connectivity index (χ4n) is 1.86. The second-order valence-electron chi connectivity index (χ2n) is 4.17. The Morgan fingerprint density at radius 1 is 1.22 bits per heavy atom. The third kappa shape index (κ3) is 4.49. The fourth-order valence-corrected chi connectivity index (χ4v) is 1.86. The highest BCUT2D eigenvalue weighted by Crippen LogP contribution is 2.13. The van der Waals surface area contributed by atoms with Crippen LogP contribution in [0.3, 0.4) is 0 Å². The normalized spacial score (nSPS) is 12.2. The molecule has 0 radical (unpaired) electrons. The largest absolute Gasteiger partial charge is 0.497 e. The summed E-state index contributed by atoms with van der Waals surface area (Å²) >= 11 is 0. The molecule has 0 aromatic heterocycles. The van der Waals surface area contributed by atoms with Gasteiger partial charge in [0.15, 0.2) is 5.78 Å². The van der Waals surface area contributed by atoms with Crippen molar-refractivity contribution in [1.29, 1.82) is 0 Å². The fraction of sp³-hybridized carbons (Fsp3) is 0.533. The first-order chi connectivity index (χ1) is 8.71. The standard InChI is InChI=1S/C15H22O3/c1-4-15(18-5-2)14(16)11-8-12-6-9-13(17-3)10-7-12/h6-7,9-10,15H,4-5,8,11H2,1-3H3. The molecular weight excluding hydrogens is 228 g/mol. The highest BCUT2D eigenvalue weighted by molar-refractivity contribution is 5.83. The third-order valence-electron chi connectivity index (χ3n) is 2.92. The number of ketones is 1. The van der Waals surface area contributed by atoms with Gasteiger partial charge in [-0.2, -0.15) is 0 Å². The first kappa shape index (κ1) is 14.7. The quantitative estimate of drug-likeness (QED) is 0.711. The van der Waals surface area contributed by atoms with E-state index in [1.165, 1.54) is 0 Å². The summed E-state index contributed by atoms with van der Waals surface area (Å²) in [6.07, 6.45) is 1.79. The van der Waals surface area contributed by atoms with Gasteiger partial charge in [-0.3, -0.25) is 4.79 Å². The van der Waals surface area contributed by atoms with Crippen LogP contribution < -0.4 is 4.74 Å². The zero-order valence-corrected chi connectivity index (χ0v) is 11.4. The van der Waals surface area contributed by atoms with Gasteiger partial charge in [0.1, 0.15) is 11.9 Å². The van der Waals surface area contributed by atoms with Crippen molar-refractivity contribution >= 4 is 5.78 Å². The SMILES string of the molecule is CCOC(CC)C(=O)CCc1ccc(OC)cc1. The van der Waals surface area contributed by atoms with E-state index in [0.717, 1.165) is 24.2 Å². The van der Waals surface area contributed by atoms with Gasteiger partial charge in [0.2, 0.25) is 0 Å². The van der Waals surface area contributed by atoms with Crippen molar-refractivity contribution in [2.24, 2.45) is 0 Å². The molecule has 0 saturated heterocycles. The summed E-state index contributed by atoms with van der Waals surface area (Å²) in [5.74, 6) is 1.03. The average molecular weight is 250 g/mol. The molecule has 1 aromatic rings. The molecule has 0 heterocycles. The van der Waals surface area contributed by atoms with Gasteiger partial charge in [0.05, 0.1) is 7.11 Å². The number of benzene rings is 1. The Kier molecular flexibility index (Phi) is 6.44. The van der Waals surface area contributed by atoms with Crippen LogP contribution in [0.25, 0.3) is 0 Å². The lowest BCUT2D eigenvalue weighted by Gasteiger charge is -2.13. The van der Waals surface area contributed by atoms with Gasteiger partial charge in [-0.15, -0.1) is 0 Å². The van der Waals surface area contributed by atoms with E-state index in [2.05, 4.69) is 0 Å². The molecule has 0 bridgehead atoms. The van der Waals surface area contributed by atoms with E-state index in [4.69, 9.17) is 9.47 Å². The predicted octanol–water partition coefficient (Wildman–Crippen LogP) is 3.01. The van der Waals surface area contributed by atoms with Crippen LogP contribution >= 0.6 is 0 Å². The maximum atomic E-state index is 11.9. The van der Waals surface area contributed by atoms with E-state index in [0.29, 0.717) is 13.0 Å². The zero-order valence-electron chi connectivity index (χ0n) is 11.4. The Labute approximate surface area is 109 Å². The maximum absolute atomic E-state index is 11.9. The lowest BCUT2D eigenvalue weighted by molar-refractivity contribution is -0.130. The Balaban J connectivity index is 2.45. The van der Waals surface area contributed by atoms with Crippen LogP contribution in [0.5, 0.6) is 5.75 Å². The van der Waals surface area contributed by atoms with Crippen LogP contribution in [-0.2, 0) is 16.0 Å². The van der Waals surface area contributed by atoms with Gasteiger partial charge >= 0.3 is 0 Å². The van der Waals surface area contributed by atoms with Gasteiger partial charge in [-0.1, -0.05) is 19.1 Å². The molecule has 100 valence electrons. The summed E-state index contributed by atoms with van der Waals surface area (Å²) < 4.78 is 10.5. The second-order valence-corrected chi connectivity index (χ2v) is 4.17. The molecule has 0 aliphatic carbocycles. The summed E-state index contributed by atoms with van der Waals surface area (Å²) in [4.78, 5) is 11.9. The van der Waals surface area contributed by atoms with E-state index < -0.39 is 0 Å². The molecule has 0 aliphatic rings. The topological polar surface area (TPSA) is 35.5 Å². The van der Waals surface area contributed by atoms with Crippen molar-refractivity contribution < 1.29 is 14.3 Å². The Hall–Kier alpha value is -1.35. The molecule has 0 fully saturated rings. The van der Waals surface area contributed by atoms with Crippen LogP contribution in [0.15, 0.2) is 24.3 Å². The number of carbonyl (C=O) groups is 1. The molecule has 1 unspecified atom stereocenters. The molecule has 0 amide bonds. The van der Waals surface area contributed by atoms with E-state index in [-0.39, 0.29) is 11.9 Å². The minimum Gasteiger partial charge on any atom is -0.497 e.